The number of phenols is 1. The number of phenolic OH excluding ortho intramolecular Hbond substituents is 1. The molecule has 0 aliphatic carbocycles. The third kappa shape index (κ3) is 3.20. The Morgan fingerprint density at radius 3 is 2.54 bits per heavy atom. The predicted octanol–water partition coefficient (Wildman–Crippen LogP) is 2.31. The quantitative estimate of drug-likeness (QED) is 0.381. The van der Waals surface area contributed by atoms with Gasteiger partial charge in [-0.25, -0.2) is 9.13 Å². The Balaban J connectivity index is 1.81. The van der Waals surface area contributed by atoms with Crippen LogP contribution in [0.15, 0.2) is 48.7 Å². The molecule has 2 heterocycles. The highest BCUT2D eigenvalue weighted by atomic mass is 31.2. The topological polar surface area (TPSA) is 143 Å². The minimum absolute atomic E-state index is 0.146. The van der Waals surface area contributed by atoms with Gasteiger partial charge in [0, 0.05) is 30.2 Å². The van der Waals surface area contributed by atoms with Gasteiger partial charge in [-0.15, -0.1) is 5.10 Å². The molecule has 0 atom stereocenters. The number of hydrogen-bond acceptors (Lipinski definition) is 6. The lowest BCUT2D eigenvalue weighted by atomic mass is 10.1. The summed E-state index contributed by atoms with van der Waals surface area (Å²) in [5, 5.41) is 29.0. The van der Waals surface area contributed by atoms with Gasteiger partial charge in [0.05, 0.1) is 11.3 Å². The lowest BCUT2D eigenvalue weighted by Crippen LogP contribution is -1.98. The Bertz CT molecular complexity index is 1240. The zero-order chi connectivity index (χ0) is 20.1. The van der Waals surface area contributed by atoms with Gasteiger partial charge < -0.3 is 19.3 Å². The molecule has 4 N–H and O–H groups in total. The van der Waals surface area contributed by atoms with Gasteiger partial charge in [0.1, 0.15) is 11.5 Å². The van der Waals surface area contributed by atoms with Crippen LogP contribution in [0.1, 0.15) is 0 Å². The molecular formula is C17H15N4O6P. The number of aromatic nitrogens is 4. The summed E-state index contributed by atoms with van der Waals surface area (Å²) in [5.41, 5.74) is 1.77. The van der Waals surface area contributed by atoms with Crippen LogP contribution in [0.4, 0.5) is 0 Å². The summed E-state index contributed by atoms with van der Waals surface area (Å²) in [5.74, 6) is -0.413. The highest BCUT2D eigenvalue weighted by Crippen LogP contribution is 2.41. The maximum absolute atomic E-state index is 10.9. The summed E-state index contributed by atoms with van der Waals surface area (Å²) in [6.07, 6.45) is 1.91. The Kier molecular flexibility index (Phi) is 4.11. The van der Waals surface area contributed by atoms with Crippen molar-refractivity contribution in [3.63, 3.8) is 0 Å². The van der Waals surface area contributed by atoms with Crippen molar-refractivity contribution < 1.29 is 29.1 Å². The van der Waals surface area contributed by atoms with Crippen LogP contribution in [0.2, 0.25) is 0 Å². The molecule has 0 unspecified atom stereocenters. The molecule has 0 fully saturated rings. The van der Waals surface area contributed by atoms with Crippen LogP contribution in [0.3, 0.4) is 0 Å². The average Bonchev–Trinajstić information content (AvgIpc) is 3.16. The third-order valence-corrected chi connectivity index (χ3v) is 4.66. The first-order valence-electron chi connectivity index (χ1n) is 8.01. The Morgan fingerprint density at radius 2 is 1.82 bits per heavy atom. The highest BCUT2D eigenvalue weighted by molar-refractivity contribution is 7.46. The van der Waals surface area contributed by atoms with E-state index in [1.807, 2.05) is 36.0 Å². The van der Waals surface area contributed by atoms with E-state index in [0.29, 0.717) is 5.69 Å². The number of rotatable bonds is 4. The summed E-state index contributed by atoms with van der Waals surface area (Å²) < 4.78 is 18.7. The van der Waals surface area contributed by atoms with E-state index in [-0.39, 0.29) is 28.9 Å². The fourth-order valence-corrected chi connectivity index (χ4v) is 3.38. The molecule has 0 radical (unpaired) electrons. The van der Waals surface area contributed by atoms with E-state index < -0.39 is 7.82 Å². The molecule has 0 saturated carbocycles. The second-order valence-electron chi connectivity index (χ2n) is 6.09. The maximum atomic E-state index is 10.9. The Hall–Kier alpha value is -3.33. The molecular weight excluding hydrogens is 387 g/mol. The zero-order valence-corrected chi connectivity index (χ0v) is 15.4. The minimum atomic E-state index is -4.76. The number of aryl methyl sites for hydroxylation is 1. The second-order valence-corrected chi connectivity index (χ2v) is 7.25. The van der Waals surface area contributed by atoms with Crippen molar-refractivity contribution in [2.24, 2.45) is 7.05 Å². The van der Waals surface area contributed by atoms with E-state index in [1.54, 1.807) is 6.07 Å². The Morgan fingerprint density at radius 1 is 1.04 bits per heavy atom. The molecule has 0 saturated heterocycles. The summed E-state index contributed by atoms with van der Waals surface area (Å²) in [6.45, 7) is 0. The smallest absolute Gasteiger partial charge is 0.507 e. The van der Waals surface area contributed by atoms with Gasteiger partial charge in [0.25, 0.3) is 0 Å². The molecule has 28 heavy (non-hydrogen) atoms. The second kappa shape index (κ2) is 6.38. The van der Waals surface area contributed by atoms with Crippen LogP contribution in [0.25, 0.3) is 28.0 Å². The molecule has 0 amide bonds. The first-order valence-corrected chi connectivity index (χ1v) is 9.54. The molecule has 144 valence electrons. The number of fused-ring (bicyclic) bond motifs is 1. The van der Waals surface area contributed by atoms with Crippen molar-refractivity contribution in [3.8, 4) is 34.6 Å². The van der Waals surface area contributed by atoms with Gasteiger partial charge in [-0.05, 0) is 36.4 Å². The Labute approximate surface area is 158 Å². The van der Waals surface area contributed by atoms with Crippen molar-refractivity contribution in [2.75, 3.05) is 0 Å². The zero-order valence-electron chi connectivity index (χ0n) is 14.5. The largest absolute Gasteiger partial charge is 0.524 e. The third-order valence-electron chi connectivity index (χ3n) is 4.21. The average molecular weight is 402 g/mol. The normalized spacial score (nSPS) is 11.8. The SMILES string of the molecule is Cn1ccc2cc(-n3c(O)nnc3-c3ccc(OP(=O)(O)O)cc3O)ccc21. The van der Waals surface area contributed by atoms with E-state index in [4.69, 9.17) is 9.79 Å². The van der Waals surface area contributed by atoms with E-state index in [9.17, 15) is 14.8 Å². The van der Waals surface area contributed by atoms with Gasteiger partial charge in [-0.2, -0.15) is 0 Å². The maximum Gasteiger partial charge on any atom is 0.524 e. The van der Waals surface area contributed by atoms with Crippen molar-refractivity contribution >= 4 is 18.7 Å². The molecule has 0 aliphatic rings. The van der Waals surface area contributed by atoms with Crippen LogP contribution in [0.5, 0.6) is 17.5 Å². The molecule has 0 aliphatic heterocycles. The van der Waals surface area contributed by atoms with Crippen molar-refractivity contribution in [2.45, 2.75) is 0 Å². The van der Waals surface area contributed by atoms with Crippen LogP contribution >= 0.6 is 7.82 Å². The molecule has 11 heteroatoms. The van der Waals surface area contributed by atoms with Gasteiger partial charge >= 0.3 is 13.8 Å². The van der Waals surface area contributed by atoms with E-state index >= 15 is 0 Å². The molecule has 4 aromatic rings. The lowest BCUT2D eigenvalue weighted by Gasteiger charge is -2.11. The summed E-state index contributed by atoms with van der Waals surface area (Å²) in [4.78, 5) is 17.8. The monoisotopic (exact) mass is 402 g/mol. The highest BCUT2D eigenvalue weighted by Gasteiger charge is 2.21. The predicted molar refractivity (Wildman–Crippen MR) is 99.3 cm³/mol. The molecule has 10 nitrogen and oxygen atoms in total. The number of phosphoric acid groups is 1. The number of benzene rings is 2. The lowest BCUT2D eigenvalue weighted by molar-refractivity contribution is 0.283. The van der Waals surface area contributed by atoms with Crippen molar-refractivity contribution in [3.05, 3.63) is 48.7 Å². The fraction of sp³-hybridized carbons (Fsp3) is 0.0588. The number of phosphoric ester groups is 1. The first-order chi connectivity index (χ1) is 13.2. The van der Waals surface area contributed by atoms with Crippen LogP contribution in [0, 0.1) is 0 Å². The first kappa shape index (κ1) is 18.1. The van der Waals surface area contributed by atoms with Gasteiger partial charge in [-0.1, -0.05) is 5.10 Å². The van der Waals surface area contributed by atoms with Crippen molar-refractivity contribution in [1.29, 1.82) is 0 Å². The number of nitrogens with zero attached hydrogens (tertiary/aromatic N) is 4. The summed E-state index contributed by atoms with van der Waals surface area (Å²) >= 11 is 0. The van der Waals surface area contributed by atoms with E-state index in [0.717, 1.165) is 17.0 Å². The van der Waals surface area contributed by atoms with E-state index in [2.05, 4.69) is 14.7 Å². The van der Waals surface area contributed by atoms with Crippen LogP contribution in [-0.4, -0.2) is 39.3 Å². The summed E-state index contributed by atoms with van der Waals surface area (Å²) in [6, 6.07) is 10.7. The molecule has 2 aromatic carbocycles. The molecule has 0 bridgehead atoms. The van der Waals surface area contributed by atoms with Gasteiger partial charge in [0.2, 0.25) is 0 Å². The van der Waals surface area contributed by atoms with Gasteiger partial charge in [0.15, 0.2) is 5.82 Å². The number of aromatic hydroxyl groups is 2. The van der Waals surface area contributed by atoms with E-state index in [1.165, 1.54) is 16.7 Å². The van der Waals surface area contributed by atoms with Crippen LogP contribution in [-0.2, 0) is 11.6 Å². The van der Waals surface area contributed by atoms with Gasteiger partial charge in [-0.3, -0.25) is 9.79 Å². The number of hydrogen-bond donors (Lipinski definition) is 4. The molecule has 2 aromatic heterocycles. The standard InChI is InChI=1S/C17H15N4O6P/c1-20-7-6-10-8-11(2-5-14(10)20)21-16(18-19-17(21)23)13-4-3-12(9-15(13)22)27-28(24,25)26/h2-9,22H,1H3,(H,19,23)(H2,24,25,26). The van der Waals surface area contributed by atoms with Crippen LogP contribution < -0.4 is 4.52 Å². The molecule has 4 rings (SSSR count). The fourth-order valence-electron chi connectivity index (χ4n) is 2.99. The minimum Gasteiger partial charge on any atom is -0.507 e. The van der Waals surface area contributed by atoms with Crippen molar-refractivity contribution in [1.82, 2.24) is 19.3 Å². The molecule has 0 spiro atoms. The summed E-state index contributed by atoms with van der Waals surface area (Å²) in [7, 11) is -2.84.